The molecule has 0 aliphatic rings. The normalized spacial score (nSPS) is 11.8. The number of hydrogen-bond donors (Lipinski definition) is 3. The highest BCUT2D eigenvalue weighted by atomic mass is 16.5. The van der Waals surface area contributed by atoms with E-state index in [-0.39, 0.29) is 11.9 Å². The Morgan fingerprint density at radius 1 is 0.906 bits per heavy atom. The molecule has 0 fully saturated rings. The van der Waals surface area contributed by atoms with Gasteiger partial charge in [0.1, 0.15) is 0 Å². The zero-order chi connectivity index (χ0) is 22.5. The van der Waals surface area contributed by atoms with Gasteiger partial charge < -0.3 is 9.88 Å². The molecule has 0 aliphatic heterocycles. The Labute approximate surface area is 186 Å². The Kier molecular flexibility index (Phi) is 6.33. The quantitative estimate of drug-likeness (QED) is 0.296. The van der Waals surface area contributed by atoms with E-state index in [4.69, 9.17) is 5.21 Å². The summed E-state index contributed by atoms with van der Waals surface area (Å²) in [4.78, 5) is 24.8. The van der Waals surface area contributed by atoms with Crippen LogP contribution in [0.3, 0.4) is 0 Å². The van der Waals surface area contributed by atoms with Crippen LogP contribution in [-0.4, -0.2) is 21.6 Å². The van der Waals surface area contributed by atoms with Gasteiger partial charge in [0.05, 0.1) is 11.6 Å². The second-order valence-corrected chi connectivity index (χ2v) is 7.67. The van der Waals surface area contributed by atoms with E-state index < -0.39 is 5.91 Å². The number of nitrogens with one attached hydrogen (secondary N) is 2. The Morgan fingerprint density at radius 3 is 2.28 bits per heavy atom. The first-order valence-electron chi connectivity index (χ1n) is 10.6. The average Bonchev–Trinajstić information content (AvgIpc) is 3.21. The van der Waals surface area contributed by atoms with E-state index in [0.29, 0.717) is 17.7 Å². The fourth-order valence-corrected chi connectivity index (χ4v) is 3.92. The Morgan fingerprint density at radius 2 is 1.59 bits per heavy atom. The van der Waals surface area contributed by atoms with E-state index in [0.717, 1.165) is 28.5 Å². The Bertz CT molecular complexity index is 1230. The van der Waals surface area contributed by atoms with Crippen LogP contribution in [-0.2, 0) is 6.54 Å². The summed E-state index contributed by atoms with van der Waals surface area (Å²) in [6.07, 6.45) is 2.67. The molecule has 3 N–H and O–H groups in total. The zero-order valence-corrected chi connectivity index (χ0v) is 17.8. The standard InChI is InChI=1S/C26H25N3O3/c1-2-23(19-8-4-3-5-9-19)27-26(31)22-17-29(24-11-7-6-10-21(22)24)16-18-12-14-20(15-13-18)25(30)28-32/h3-15,17,23,32H,2,16H2,1H3,(H,27,31)(H,28,30). The van der Waals surface area contributed by atoms with Crippen molar-refractivity contribution in [1.82, 2.24) is 15.4 Å². The minimum absolute atomic E-state index is 0.0592. The smallest absolute Gasteiger partial charge is 0.274 e. The van der Waals surface area contributed by atoms with Gasteiger partial charge >= 0.3 is 0 Å². The predicted molar refractivity (Wildman–Crippen MR) is 124 cm³/mol. The minimum Gasteiger partial charge on any atom is -0.345 e. The van der Waals surface area contributed by atoms with Gasteiger partial charge in [-0.2, -0.15) is 0 Å². The monoisotopic (exact) mass is 427 g/mol. The summed E-state index contributed by atoms with van der Waals surface area (Å²) < 4.78 is 2.04. The average molecular weight is 428 g/mol. The number of fused-ring (bicyclic) bond motifs is 1. The third-order valence-corrected chi connectivity index (χ3v) is 5.62. The molecule has 3 aromatic carbocycles. The lowest BCUT2D eigenvalue weighted by Crippen LogP contribution is -2.28. The molecule has 4 aromatic rings. The third kappa shape index (κ3) is 4.40. The maximum absolute atomic E-state index is 13.2. The third-order valence-electron chi connectivity index (χ3n) is 5.62. The lowest BCUT2D eigenvalue weighted by molar-refractivity contribution is 0.0706. The van der Waals surface area contributed by atoms with E-state index in [1.54, 1.807) is 17.6 Å². The molecule has 1 aromatic heterocycles. The first-order chi connectivity index (χ1) is 15.6. The fraction of sp³-hybridized carbons (Fsp3) is 0.154. The molecule has 32 heavy (non-hydrogen) atoms. The number of benzene rings is 3. The first kappa shape index (κ1) is 21.3. The maximum Gasteiger partial charge on any atom is 0.274 e. The predicted octanol–water partition coefficient (Wildman–Crippen LogP) is 4.69. The molecule has 0 saturated carbocycles. The summed E-state index contributed by atoms with van der Waals surface area (Å²) in [7, 11) is 0. The van der Waals surface area contributed by atoms with Crippen molar-refractivity contribution in [3.63, 3.8) is 0 Å². The second-order valence-electron chi connectivity index (χ2n) is 7.67. The SMILES string of the molecule is CCC(NC(=O)c1cn(Cc2ccc(C(=O)NO)cc2)c2ccccc12)c1ccccc1. The van der Waals surface area contributed by atoms with Crippen LogP contribution in [0.2, 0.25) is 0 Å². The highest BCUT2D eigenvalue weighted by Crippen LogP contribution is 2.24. The number of hydrogen-bond acceptors (Lipinski definition) is 3. The van der Waals surface area contributed by atoms with Gasteiger partial charge in [0, 0.05) is 29.2 Å². The summed E-state index contributed by atoms with van der Waals surface area (Å²) in [5, 5.41) is 12.8. The van der Waals surface area contributed by atoms with Crippen LogP contribution in [0.25, 0.3) is 10.9 Å². The van der Waals surface area contributed by atoms with Crippen molar-refractivity contribution in [3.05, 3.63) is 107 Å². The maximum atomic E-state index is 13.2. The van der Waals surface area contributed by atoms with Crippen LogP contribution in [0, 0.1) is 0 Å². The number of nitrogens with zero attached hydrogens (tertiary/aromatic N) is 1. The van der Waals surface area contributed by atoms with Gasteiger partial charge in [-0.3, -0.25) is 14.8 Å². The molecule has 1 heterocycles. The molecule has 162 valence electrons. The van der Waals surface area contributed by atoms with Crippen molar-refractivity contribution in [2.45, 2.75) is 25.9 Å². The number of amides is 2. The zero-order valence-electron chi connectivity index (χ0n) is 17.8. The first-order valence-corrected chi connectivity index (χ1v) is 10.6. The minimum atomic E-state index is -0.550. The number of carbonyl (C=O) groups is 2. The van der Waals surface area contributed by atoms with Crippen LogP contribution in [0.15, 0.2) is 85.1 Å². The molecule has 4 rings (SSSR count). The van der Waals surface area contributed by atoms with Crippen molar-refractivity contribution < 1.29 is 14.8 Å². The molecule has 6 nitrogen and oxygen atoms in total. The largest absolute Gasteiger partial charge is 0.345 e. The number of hydroxylamine groups is 1. The number of aromatic nitrogens is 1. The Hall–Kier alpha value is -3.90. The molecular formula is C26H25N3O3. The number of para-hydroxylation sites is 1. The van der Waals surface area contributed by atoms with Gasteiger partial charge in [0.25, 0.3) is 11.8 Å². The molecule has 6 heteroatoms. The molecule has 0 saturated heterocycles. The summed E-state index contributed by atoms with van der Waals surface area (Å²) in [6.45, 7) is 2.60. The van der Waals surface area contributed by atoms with Crippen LogP contribution in [0.5, 0.6) is 0 Å². The van der Waals surface area contributed by atoms with Crippen molar-refractivity contribution >= 4 is 22.7 Å². The molecular weight excluding hydrogens is 402 g/mol. The van der Waals surface area contributed by atoms with E-state index in [2.05, 4.69) is 12.2 Å². The topological polar surface area (TPSA) is 83.4 Å². The van der Waals surface area contributed by atoms with Crippen LogP contribution < -0.4 is 10.8 Å². The van der Waals surface area contributed by atoms with Gasteiger partial charge in [-0.25, -0.2) is 5.48 Å². The molecule has 0 bridgehead atoms. The van der Waals surface area contributed by atoms with E-state index in [1.165, 1.54) is 0 Å². The molecule has 0 aliphatic carbocycles. The van der Waals surface area contributed by atoms with Crippen LogP contribution in [0.1, 0.15) is 51.2 Å². The van der Waals surface area contributed by atoms with Gasteiger partial charge in [-0.15, -0.1) is 0 Å². The highest BCUT2D eigenvalue weighted by molar-refractivity contribution is 6.07. The van der Waals surface area contributed by atoms with Crippen LogP contribution >= 0.6 is 0 Å². The summed E-state index contributed by atoms with van der Waals surface area (Å²) in [5.41, 5.74) is 5.66. The van der Waals surface area contributed by atoms with Crippen LogP contribution in [0.4, 0.5) is 0 Å². The lowest BCUT2D eigenvalue weighted by Gasteiger charge is -2.17. The molecule has 0 spiro atoms. The van der Waals surface area contributed by atoms with Crippen molar-refractivity contribution in [1.29, 1.82) is 0 Å². The van der Waals surface area contributed by atoms with Gasteiger partial charge in [0.2, 0.25) is 0 Å². The summed E-state index contributed by atoms with van der Waals surface area (Å²) >= 11 is 0. The lowest BCUT2D eigenvalue weighted by atomic mass is 10.0. The Balaban J connectivity index is 1.61. The molecule has 0 radical (unpaired) electrons. The van der Waals surface area contributed by atoms with E-state index >= 15 is 0 Å². The van der Waals surface area contributed by atoms with Crippen molar-refractivity contribution in [2.75, 3.05) is 0 Å². The fourth-order valence-electron chi connectivity index (χ4n) is 3.92. The van der Waals surface area contributed by atoms with Crippen molar-refractivity contribution in [3.8, 4) is 0 Å². The molecule has 1 unspecified atom stereocenters. The van der Waals surface area contributed by atoms with Gasteiger partial charge in [-0.05, 0) is 35.7 Å². The highest BCUT2D eigenvalue weighted by Gasteiger charge is 2.19. The molecule has 2 amide bonds. The second kappa shape index (κ2) is 9.49. The number of rotatable bonds is 7. The number of carbonyl (C=O) groups excluding carboxylic acids is 2. The van der Waals surface area contributed by atoms with E-state index in [9.17, 15) is 9.59 Å². The van der Waals surface area contributed by atoms with Gasteiger partial charge in [0.15, 0.2) is 0 Å². The molecule has 1 atom stereocenters. The summed E-state index contributed by atoms with van der Waals surface area (Å²) in [6, 6.07) is 24.7. The van der Waals surface area contributed by atoms with E-state index in [1.807, 2.05) is 77.5 Å². The van der Waals surface area contributed by atoms with Gasteiger partial charge in [-0.1, -0.05) is 67.6 Å². The van der Waals surface area contributed by atoms with Crippen molar-refractivity contribution in [2.24, 2.45) is 0 Å². The summed E-state index contributed by atoms with van der Waals surface area (Å²) in [5.74, 6) is -0.656.